The molecule has 0 heterocycles. The molecule has 0 radical (unpaired) electrons. The van der Waals surface area contributed by atoms with E-state index in [9.17, 15) is 14.0 Å². The molecule has 0 aliphatic heterocycles. The fraction of sp³-hybridized carbons (Fsp3) is 0.0625. The summed E-state index contributed by atoms with van der Waals surface area (Å²) in [6, 6.07) is 10.9. The number of nitrogens with one attached hydrogen (secondary N) is 2. The first kappa shape index (κ1) is 16.6. The molecule has 0 saturated carbocycles. The van der Waals surface area contributed by atoms with Gasteiger partial charge in [-0.2, -0.15) is 5.10 Å². The summed E-state index contributed by atoms with van der Waals surface area (Å²) in [5, 5.41) is 6.45. The molecule has 0 unspecified atom stereocenters. The third-order valence-electron chi connectivity index (χ3n) is 3.00. The van der Waals surface area contributed by atoms with E-state index in [0.717, 1.165) is 6.21 Å². The summed E-state index contributed by atoms with van der Waals surface area (Å²) in [4.78, 5) is 23.4. The molecule has 0 saturated heterocycles. The van der Waals surface area contributed by atoms with Crippen molar-refractivity contribution in [2.75, 3.05) is 5.32 Å². The van der Waals surface area contributed by atoms with Crippen molar-refractivity contribution in [3.63, 3.8) is 0 Å². The highest BCUT2D eigenvalue weighted by Crippen LogP contribution is 2.22. The number of hydrazone groups is 1. The Bertz CT molecular complexity index is 778. The molecule has 118 valence electrons. The van der Waals surface area contributed by atoms with E-state index in [4.69, 9.17) is 11.6 Å². The zero-order valence-corrected chi connectivity index (χ0v) is 12.9. The lowest BCUT2D eigenvalue weighted by molar-refractivity contribution is -0.136. The first-order valence-electron chi connectivity index (χ1n) is 6.63. The number of halogens is 2. The molecule has 0 atom stereocenters. The van der Waals surface area contributed by atoms with Gasteiger partial charge in [-0.1, -0.05) is 35.9 Å². The summed E-state index contributed by atoms with van der Waals surface area (Å²) in [5.41, 5.74) is 3.29. The minimum absolute atomic E-state index is 0.193. The van der Waals surface area contributed by atoms with Gasteiger partial charge in [0.05, 0.1) is 6.21 Å². The van der Waals surface area contributed by atoms with E-state index in [-0.39, 0.29) is 5.56 Å². The number of amides is 2. The first-order valence-corrected chi connectivity index (χ1v) is 7.01. The predicted molar refractivity (Wildman–Crippen MR) is 87.0 cm³/mol. The third-order valence-corrected chi connectivity index (χ3v) is 3.41. The van der Waals surface area contributed by atoms with Gasteiger partial charge < -0.3 is 5.32 Å². The molecule has 0 aromatic heterocycles. The molecule has 0 aliphatic rings. The summed E-state index contributed by atoms with van der Waals surface area (Å²) >= 11 is 5.93. The van der Waals surface area contributed by atoms with E-state index >= 15 is 0 Å². The molecule has 0 fully saturated rings. The summed E-state index contributed by atoms with van der Waals surface area (Å²) in [6.07, 6.45) is 1.12. The minimum atomic E-state index is -0.975. The van der Waals surface area contributed by atoms with Crippen LogP contribution in [0.25, 0.3) is 0 Å². The van der Waals surface area contributed by atoms with Crippen LogP contribution in [0.5, 0.6) is 0 Å². The molecule has 0 spiro atoms. The normalized spacial score (nSPS) is 10.6. The summed E-state index contributed by atoms with van der Waals surface area (Å²) < 4.78 is 13.3. The van der Waals surface area contributed by atoms with Gasteiger partial charge in [0.2, 0.25) is 0 Å². The largest absolute Gasteiger partial charge is 0.329 e. The highest BCUT2D eigenvalue weighted by molar-refractivity contribution is 6.40. The molecule has 0 bridgehead atoms. The van der Waals surface area contributed by atoms with Crippen molar-refractivity contribution in [1.29, 1.82) is 0 Å². The van der Waals surface area contributed by atoms with E-state index in [2.05, 4.69) is 10.4 Å². The van der Waals surface area contributed by atoms with Crippen LogP contribution >= 0.6 is 11.6 Å². The van der Waals surface area contributed by atoms with Gasteiger partial charge in [-0.15, -0.1) is 0 Å². The van der Waals surface area contributed by atoms with Crippen molar-refractivity contribution in [3.05, 3.63) is 64.4 Å². The highest BCUT2D eigenvalue weighted by atomic mass is 35.5. The molecule has 23 heavy (non-hydrogen) atoms. The number of hydrogen-bond acceptors (Lipinski definition) is 3. The minimum Gasteiger partial charge on any atom is -0.317 e. The van der Waals surface area contributed by atoms with Crippen molar-refractivity contribution >= 4 is 35.3 Å². The van der Waals surface area contributed by atoms with Crippen molar-refractivity contribution in [1.82, 2.24) is 5.43 Å². The average Bonchev–Trinajstić information content (AvgIpc) is 2.53. The van der Waals surface area contributed by atoms with Gasteiger partial charge in [0.15, 0.2) is 0 Å². The quantitative estimate of drug-likeness (QED) is 0.515. The fourth-order valence-corrected chi connectivity index (χ4v) is 1.89. The van der Waals surface area contributed by atoms with Crippen molar-refractivity contribution in [3.8, 4) is 0 Å². The lowest BCUT2D eigenvalue weighted by Crippen LogP contribution is -2.32. The average molecular weight is 334 g/mol. The van der Waals surface area contributed by atoms with Crippen molar-refractivity contribution in [2.24, 2.45) is 5.10 Å². The number of hydrogen-bond donors (Lipinski definition) is 2. The number of benzene rings is 2. The van der Waals surface area contributed by atoms with Crippen LogP contribution < -0.4 is 10.7 Å². The smallest absolute Gasteiger partial charge is 0.317 e. The Morgan fingerprint density at radius 2 is 1.87 bits per heavy atom. The number of carbonyl (C=O) groups is 2. The van der Waals surface area contributed by atoms with Crippen LogP contribution in [0.3, 0.4) is 0 Å². The van der Waals surface area contributed by atoms with Crippen molar-refractivity contribution < 1.29 is 14.0 Å². The number of anilines is 1. The number of rotatable bonds is 3. The summed E-state index contributed by atoms with van der Waals surface area (Å²) in [6.45, 7) is 1.71. The Morgan fingerprint density at radius 1 is 1.13 bits per heavy atom. The first-order chi connectivity index (χ1) is 11.0. The Kier molecular flexibility index (Phi) is 5.43. The molecular formula is C16H13ClFN3O2. The monoisotopic (exact) mass is 333 g/mol. The number of nitrogens with zero attached hydrogens (tertiary/aromatic N) is 1. The number of carbonyl (C=O) groups excluding carboxylic acids is 2. The van der Waals surface area contributed by atoms with Crippen LogP contribution in [0.15, 0.2) is 47.6 Å². The van der Waals surface area contributed by atoms with Gasteiger partial charge in [-0.05, 0) is 30.7 Å². The van der Waals surface area contributed by atoms with Crippen LogP contribution in [0.1, 0.15) is 11.1 Å². The Labute approximate surface area is 137 Å². The topological polar surface area (TPSA) is 70.6 Å². The lowest BCUT2D eigenvalue weighted by atomic mass is 10.2. The second-order valence-electron chi connectivity index (χ2n) is 4.59. The fourth-order valence-electron chi connectivity index (χ4n) is 1.71. The molecule has 2 aromatic carbocycles. The standard InChI is InChI=1S/C16H13ClFN3O2/c1-10-12(17)6-4-8-14(10)20-15(22)16(23)21-19-9-11-5-2-3-7-13(11)18/h2-9H,1H3,(H,20,22)(H,21,23). The maximum absolute atomic E-state index is 13.3. The van der Waals surface area contributed by atoms with E-state index in [1.807, 2.05) is 5.43 Å². The Balaban J connectivity index is 1.97. The van der Waals surface area contributed by atoms with Crippen molar-refractivity contribution in [2.45, 2.75) is 6.92 Å². The van der Waals surface area contributed by atoms with E-state index in [1.54, 1.807) is 31.2 Å². The van der Waals surface area contributed by atoms with Crippen LogP contribution in [0, 0.1) is 12.7 Å². The predicted octanol–water partition coefficient (Wildman–Crippen LogP) is 2.88. The molecule has 2 rings (SSSR count). The van der Waals surface area contributed by atoms with Gasteiger partial charge in [-0.3, -0.25) is 9.59 Å². The lowest BCUT2D eigenvalue weighted by Gasteiger charge is -2.08. The molecule has 5 nitrogen and oxygen atoms in total. The maximum atomic E-state index is 13.3. The van der Waals surface area contributed by atoms with Crippen LogP contribution in [0.2, 0.25) is 5.02 Å². The zero-order valence-electron chi connectivity index (χ0n) is 12.1. The van der Waals surface area contributed by atoms with Crippen LogP contribution in [0.4, 0.5) is 10.1 Å². The van der Waals surface area contributed by atoms with E-state index < -0.39 is 17.6 Å². The van der Waals surface area contributed by atoms with Crippen LogP contribution in [-0.2, 0) is 9.59 Å². The second-order valence-corrected chi connectivity index (χ2v) is 4.99. The molecular weight excluding hydrogens is 321 g/mol. The molecule has 2 N–H and O–H groups in total. The molecule has 2 amide bonds. The summed E-state index contributed by atoms with van der Waals surface area (Å²) in [7, 11) is 0. The SMILES string of the molecule is Cc1c(Cl)cccc1NC(=O)C(=O)NN=Cc1ccccc1F. The maximum Gasteiger partial charge on any atom is 0.329 e. The van der Waals surface area contributed by atoms with Gasteiger partial charge >= 0.3 is 11.8 Å². The Morgan fingerprint density at radius 3 is 2.61 bits per heavy atom. The molecule has 0 aliphatic carbocycles. The zero-order chi connectivity index (χ0) is 16.8. The highest BCUT2D eigenvalue weighted by Gasteiger charge is 2.14. The second kappa shape index (κ2) is 7.51. The Hall–Kier alpha value is -2.73. The van der Waals surface area contributed by atoms with Gasteiger partial charge in [0.25, 0.3) is 0 Å². The van der Waals surface area contributed by atoms with Gasteiger partial charge in [0.1, 0.15) is 5.82 Å². The van der Waals surface area contributed by atoms with Crippen LogP contribution in [-0.4, -0.2) is 18.0 Å². The summed E-state index contributed by atoms with van der Waals surface area (Å²) in [5.74, 6) is -2.36. The van der Waals surface area contributed by atoms with E-state index in [1.165, 1.54) is 18.2 Å². The van der Waals surface area contributed by atoms with Gasteiger partial charge in [0, 0.05) is 16.3 Å². The van der Waals surface area contributed by atoms with E-state index in [0.29, 0.717) is 16.3 Å². The molecule has 2 aromatic rings. The third kappa shape index (κ3) is 4.37. The van der Waals surface area contributed by atoms with Gasteiger partial charge in [-0.25, -0.2) is 9.82 Å². The molecule has 7 heteroatoms.